The number of nitrogens with zero attached hydrogens (tertiary/aromatic N) is 6. The highest BCUT2D eigenvalue weighted by atomic mass is 19.1. The Labute approximate surface area is 176 Å². The number of anilines is 1. The molecule has 4 aromatic heterocycles. The number of nitrogens with one attached hydrogen (secondary N) is 2. The van der Waals surface area contributed by atoms with Crippen LogP contribution in [0.15, 0.2) is 43.1 Å². The molecular formula is C21H19FN8O. The van der Waals surface area contributed by atoms with Crippen LogP contribution in [0, 0.1) is 5.82 Å². The van der Waals surface area contributed by atoms with Gasteiger partial charge in [0.1, 0.15) is 17.4 Å². The fourth-order valence-corrected chi connectivity index (χ4v) is 4.01. The fourth-order valence-electron chi connectivity index (χ4n) is 4.01. The van der Waals surface area contributed by atoms with E-state index >= 15 is 0 Å². The van der Waals surface area contributed by atoms with Crippen LogP contribution in [0.5, 0.6) is 0 Å². The van der Waals surface area contributed by atoms with E-state index in [0.29, 0.717) is 29.3 Å². The molecule has 0 radical (unpaired) electrons. The zero-order valence-electron chi connectivity index (χ0n) is 16.5. The van der Waals surface area contributed by atoms with Crippen LogP contribution in [-0.4, -0.2) is 48.0 Å². The van der Waals surface area contributed by atoms with Crippen molar-refractivity contribution >= 4 is 17.4 Å². The van der Waals surface area contributed by atoms with Gasteiger partial charge in [-0.1, -0.05) is 0 Å². The summed E-state index contributed by atoms with van der Waals surface area (Å²) >= 11 is 0. The van der Waals surface area contributed by atoms with E-state index in [9.17, 15) is 9.18 Å². The Bertz CT molecular complexity index is 1280. The van der Waals surface area contributed by atoms with Gasteiger partial charge in [0.25, 0.3) is 5.91 Å². The summed E-state index contributed by atoms with van der Waals surface area (Å²) in [5, 5.41) is 7.54. The van der Waals surface area contributed by atoms with E-state index in [4.69, 9.17) is 0 Å². The average Bonchev–Trinajstić information content (AvgIpc) is 3.29. The Morgan fingerprint density at radius 2 is 2.06 bits per heavy atom. The SMILES string of the molecule is O=C(NC1CC1)c1cnc(N2CCc3[nH]cnc3[C@H]2c2cc3c(F)cccn3n2)nc1. The minimum absolute atomic E-state index is 0.158. The summed E-state index contributed by atoms with van der Waals surface area (Å²) in [6, 6.07) is 4.65. The number of hydrogen-bond donors (Lipinski definition) is 2. The highest BCUT2D eigenvalue weighted by Gasteiger charge is 2.35. The standard InChI is InChI=1S/C21H19FN8O/c22-14-2-1-6-30-17(14)8-16(28-30)19-18-15(25-11-26-18)5-7-29(19)21-23-9-12(10-24-21)20(31)27-13-3-4-13/h1-2,6,8-11,13,19H,3-5,7H2,(H,25,26)(H,27,31)/t19-/m1/s1. The summed E-state index contributed by atoms with van der Waals surface area (Å²) in [6.07, 6.45) is 9.23. The number of pyridine rings is 1. The van der Waals surface area contributed by atoms with Gasteiger partial charge in [-0.05, 0) is 31.0 Å². The molecule has 9 nitrogen and oxygen atoms in total. The summed E-state index contributed by atoms with van der Waals surface area (Å²) in [6.45, 7) is 0.629. The maximum Gasteiger partial charge on any atom is 0.254 e. The second-order valence-electron chi connectivity index (χ2n) is 7.89. The molecule has 0 saturated heterocycles. The Morgan fingerprint density at radius 3 is 2.84 bits per heavy atom. The van der Waals surface area contributed by atoms with E-state index < -0.39 is 0 Å². The van der Waals surface area contributed by atoms with E-state index in [0.717, 1.165) is 30.7 Å². The monoisotopic (exact) mass is 418 g/mol. The quantitative estimate of drug-likeness (QED) is 0.526. The van der Waals surface area contributed by atoms with Gasteiger partial charge in [0.05, 0.1) is 23.3 Å². The molecule has 0 spiro atoms. The van der Waals surface area contributed by atoms with Gasteiger partial charge in [-0.3, -0.25) is 4.79 Å². The first kappa shape index (κ1) is 18.0. The normalized spacial score (nSPS) is 18.2. The van der Waals surface area contributed by atoms with Crippen LogP contribution >= 0.6 is 0 Å². The lowest BCUT2D eigenvalue weighted by atomic mass is 10.00. The third-order valence-corrected chi connectivity index (χ3v) is 5.74. The summed E-state index contributed by atoms with van der Waals surface area (Å²) in [7, 11) is 0. The van der Waals surface area contributed by atoms with Gasteiger partial charge >= 0.3 is 0 Å². The Kier molecular flexibility index (Phi) is 3.98. The Morgan fingerprint density at radius 1 is 1.23 bits per heavy atom. The lowest BCUT2D eigenvalue weighted by Crippen LogP contribution is -2.38. The predicted octanol–water partition coefficient (Wildman–Crippen LogP) is 2.03. The van der Waals surface area contributed by atoms with Gasteiger partial charge in [-0.25, -0.2) is 23.9 Å². The second-order valence-corrected chi connectivity index (χ2v) is 7.89. The molecule has 2 aliphatic rings. The first-order valence-corrected chi connectivity index (χ1v) is 10.2. The molecule has 1 saturated carbocycles. The molecule has 5 heterocycles. The van der Waals surface area contributed by atoms with Crippen molar-refractivity contribution in [3.8, 4) is 0 Å². The third-order valence-electron chi connectivity index (χ3n) is 5.74. The molecule has 6 rings (SSSR count). The van der Waals surface area contributed by atoms with E-state index in [2.05, 4.69) is 30.4 Å². The van der Waals surface area contributed by atoms with Gasteiger partial charge in [0.15, 0.2) is 0 Å². The minimum Gasteiger partial charge on any atom is -0.349 e. The number of H-pyrrole nitrogens is 1. The number of aromatic amines is 1. The summed E-state index contributed by atoms with van der Waals surface area (Å²) in [5.41, 5.74) is 3.30. The predicted molar refractivity (Wildman–Crippen MR) is 109 cm³/mol. The van der Waals surface area contributed by atoms with Crippen LogP contribution in [0.3, 0.4) is 0 Å². The first-order valence-electron chi connectivity index (χ1n) is 10.2. The first-order chi connectivity index (χ1) is 15.2. The lowest BCUT2D eigenvalue weighted by Gasteiger charge is -2.33. The van der Waals surface area contributed by atoms with Gasteiger partial charge in [0, 0.05) is 43.3 Å². The topological polar surface area (TPSA) is 104 Å². The largest absolute Gasteiger partial charge is 0.349 e. The number of aromatic nitrogens is 6. The molecular weight excluding hydrogens is 399 g/mol. The molecule has 1 aliphatic carbocycles. The minimum atomic E-state index is -0.375. The van der Waals surface area contributed by atoms with E-state index in [1.54, 1.807) is 37.1 Å². The molecule has 4 aromatic rings. The van der Waals surface area contributed by atoms with Crippen molar-refractivity contribution in [3.63, 3.8) is 0 Å². The molecule has 1 atom stereocenters. The number of carbonyl (C=O) groups excluding carboxylic acids is 1. The number of fused-ring (bicyclic) bond motifs is 2. The Hall–Kier alpha value is -3.82. The van der Waals surface area contributed by atoms with Crippen LogP contribution in [0.2, 0.25) is 0 Å². The van der Waals surface area contributed by atoms with Crippen molar-refractivity contribution in [2.45, 2.75) is 31.3 Å². The number of hydrogen-bond acceptors (Lipinski definition) is 6. The summed E-state index contributed by atoms with van der Waals surface area (Å²) < 4.78 is 15.8. The van der Waals surface area contributed by atoms with Crippen LogP contribution in [0.1, 0.15) is 46.3 Å². The van der Waals surface area contributed by atoms with Crippen molar-refractivity contribution in [2.24, 2.45) is 0 Å². The molecule has 0 aromatic carbocycles. The van der Waals surface area contributed by atoms with Crippen molar-refractivity contribution in [2.75, 3.05) is 11.4 Å². The zero-order valence-corrected chi connectivity index (χ0v) is 16.5. The summed E-state index contributed by atoms with van der Waals surface area (Å²) in [4.78, 5) is 30.9. The third kappa shape index (κ3) is 3.11. The molecule has 0 bridgehead atoms. The molecule has 1 aliphatic heterocycles. The molecule has 0 unspecified atom stereocenters. The van der Waals surface area contributed by atoms with E-state index in [-0.39, 0.29) is 23.8 Å². The Balaban J connectivity index is 1.38. The molecule has 31 heavy (non-hydrogen) atoms. The van der Waals surface area contributed by atoms with Gasteiger partial charge in [0.2, 0.25) is 5.95 Å². The molecule has 10 heteroatoms. The van der Waals surface area contributed by atoms with Crippen molar-refractivity contribution in [3.05, 3.63) is 71.6 Å². The van der Waals surface area contributed by atoms with Gasteiger partial charge in [-0.15, -0.1) is 0 Å². The number of imidazole rings is 1. The molecule has 2 N–H and O–H groups in total. The average molecular weight is 418 g/mol. The van der Waals surface area contributed by atoms with Crippen LogP contribution in [-0.2, 0) is 6.42 Å². The van der Waals surface area contributed by atoms with Gasteiger partial charge < -0.3 is 15.2 Å². The highest BCUT2D eigenvalue weighted by Crippen LogP contribution is 2.35. The molecule has 1 amide bonds. The summed E-state index contributed by atoms with van der Waals surface area (Å²) in [5.74, 6) is -0.0260. The maximum absolute atomic E-state index is 14.3. The number of carbonyl (C=O) groups is 1. The maximum atomic E-state index is 14.3. The second kappa shape index (κ2) is 6.86. The van der Waals surface area contributed by atoms with Crippen LogP contribution in [0.4, 0.5) is 10.3 Å². The smallest absolute Gasteiger partial charge is 0.254 e. The number of halogens is 1. The number of rotatable bonds is 4. The lowest BCUT2D eigenvalue weighted by molar-refractivity contribution is 0.0950. The zero-order chi connectivity index (χ0) is 20.9. The molecule has 1 fully saturated rings. The van der Waals surface area contributed by atoms with E-state index in [1.165, 1.54) is 10.6 Å². The fraction of sp³-hybridized carbons (Fsp3) is 0.286. The van der Waals surface area contributed by atoms with Crippen LogP contribution < -0.4 is 10.2 Å². The van der Waals surface area contributed by atoms with E-state index in [1.807, 2.05) is 4.90 Å². The number of amides is 1. The van der Waals surface area contributed by atoms with Gasteiger partial charge in [-0.2, -0.15) is 5.10 Å². The van der Waals surface area contributed by atoms with Crippen molar-refractivity contribution in [1.82, 2.24) is 34.9 Å². The van der Waals surface area contributed by atoms with Crippen molar-refractivity contribution in [1.29, 1.82) is 0 Å². The van der Waals surface area contributed by atoms with Crippen molar-refractivity contribution < 1.29 is 9.18 Å². The molecule has 156 valence electrons. The highest BCUT2D eigenvalue weighted by molar-refractivity contribution is 5.94. The van der Waals surface area contributed by atoms with Crippen LogP contribution in [0.25, 0.3) is 5.52 Å².